The van der Waals surface area contributed by atoms with Crippen LogP contribution in [0.2, 0.25) is 0 Å². The normalized spacial score (nSPS) is 12.0. The molecule has 0 bridgehead atoms. The van der Waals surface area contributed by atoms with Crippen LogP contribution in [0, 0.1) is 0 Å². The van der Waals surface area contributed by atoms with Gasteiger partial charge in [0.15, 0.2) is 0 Å². The molecule has 3 aromatic rings. The minimum atomic E-state index is -0.487. The lowest BCUT2D eigenvalue weighted by atomic mass is 10.2. The Balaban J connectivity index is 2.03. The van der Waals surface area contributed by atoms with Gasteiger partial charge in [-0.25, -0.2) is 4.79 Å². The number of nitrogens with one attached hydrogen (secondary N) is 1. The Bertz CT molecular complexity index is 1130. The fraction of sp³-hybridized carbons (Fsp3) is 0.286. The molecule has 1 atom stereocenters. The third kappa shape index (κ3) is 3.69. The topological polar surface area (TPSA) is 82.3 Å². The Kier molecular flexibility index (Phi) is 5.63. The lowest BCUT2D eigenvalue weighted by Gasteiger charge is -2.17. The number of methoxy groups -OCH3 is 1. The summed E-state index contributed by atoms with van der Waals surface area (Å²) in [5, 5.41) is 3.18. The zero-order chi connectivity index (χ0) is 20.3. The van der Waals surface area contributed by atoms with Gasteiger partial charge in [-0.1, -0.05) is 25.1 Å². The van der Waals surface area contributed by atoms with Crippen molar-refractivity contribution in [3.05, 3.63) is 69.4 Å². The van der Waals surface area contributed by atoms with Crippen LogP contribution in [-0.2, 0) is 11.3 Å². The third-order valence-corrected chi connectivity index (χ3v) is 4.77. The Labute approximate surface area is 162 Å². The maximum atomic E-state index is 13.0. The van der Waals surface area contributed by atoms with Crippen LogP contribution in [-0.4, -0.2) is 22.2 Å². The number of anilines is 1. The van der Waals surface area contributed by atoms with Crippen LogP contribution in [0.25, 0.3) is 10.9 Å². The number of nitrogens with zero attached hydrogens (tertiary/aromatic N) is 2. The average molecular weight is 381 g/mol. The van der Waals surface area contributed by atoms with Crippen molar-refractivity contribution in [2.45, 2.75) is 32.9 Å². The molecule has 0 aliphatic heterocycles. The standard InChI is InChI=1S/C21H23N3O4/c1-4-14(2)24-20(26)17-10-5-6-11-18(17)23(21(24)27)13-19(25)22-15-8-7-9-16(12-15)28-3/h5-12,14H,4,13H2,1-3H3,(H,22,25). The fourth-order valence-corrected chi connectivity index (χ4v) is 3.11. The first kappa shape index (κ1) is 19.4. The Morgan fingerprint density at radius 2 is 1.89 bits per heavy atom. The van der Waals surface area contributed by atoms with Gasteiger partial charge in [-0.2, -0.15) is 0 Å². The Morgan fingerprint density at radius 1 is 1.14 bits per heavy atom. The second-order valence-electron chi connectivity index (χ2n) is 6.60. The highest BCUT2D eigenvalue weighted by atomic mass is 16.5. The molecule has 0 radical (unpaired) electrons. The van der Waals surface area contributed by atoms with Crippen LogP contribution in [0.4, 0.5) is 5.69 Å². The molecule has 146 valence electrons. The van der Waals surface area contributed by atoms with Crippen LogP contribution >= 0.6 is 0 Å². The van der Waals surface area contributed by atoms with Crippen molar-refractivity contribution in [3.8, 4) is 5.75 Å². The van der Waals surface area contributed by atoms with E-state index in [4.69, 9.17) is 4.74 Å². The average Bonchev–Trinajstić information content (AvgIpc) is 2.71. The summed E-state index contributed by atoms with van der Waals surface area (Å²) in [7, 11) is 1.55. The van der Waals surface area contributed by atoms with Crippen LogP contribution in [0.15, 0.2) is 58.1 Å². The molecule has 1 aromatic heterocycles. The van der Waals surface area contributed by atoms with Crippen molar-refractivity contribution in [2.75, 3.05) is 12.4 Å². The number of fused-ring (bicyclic) bond motifs is 1. The van der Waals surface area contributed by atoms with Gasteiger partial charge in [-0.3, -0.25) is 18.7 Å². The van der Waals surface area contributed by atoms with Crippen LogP contribution < -0.4 is 21.3 Å². The van der Waals surface area contributed by atoms with Crippen LogP contribution in [0.1, 0.15) is 26.3 Å². The summed E-state index contributed by atoms with van der Waals surface area (Å²) in [6.45, 7) is 3.52. The van der Waals surface area contributed by atoms with Gasteiger partial charge in [0.05, 0.1) is 18.0 Å². The van der Waals surface area contributed by atoms with E-state index < -0.39 is 5.69 Å². The highest BCUT2D eigenvalue weighted by Gasteiger charge is 2.18. The number of carbonyl (C=O) groups is 1. The van der Waals surface area contributed by atoms with Crippen molar-refractivity contribution in [1.82, 2.24) is 9.13 Å². The molecule has 0 spiro atoms. The summed E-state index contributed by atoms with van der Waals surface area (Å²) in [5.74, 6) is 0.251. The first-order valence-corrected chi connectivity index (χ1v) is 9.14. The highest BCUT2D eigenvalue weighted by Crippen LogP contribution is 2.17. The van der Waals surface area contributed by atoms with Gasteiger partial charge in [0.2, 0.25) is 5.91 Å². The first-order valence-electron chi connectivity index (χ1n) is 9.14. The van der Waals surface area contributed by atoms with E-state index in [2.05, 4.69) is 5.32 Å². The summed E-state index contributed by atoms with van der Waals surface area (Å²) in [6.07, 6.45) is 0.628. The van der Waals surface area contributed by atoms with E-state index in [1.165, 1.54) is 9.13 Å². The summed E-state index contributed by atoms with van der Waals surface area (Å²) >= 11 is 0. The molecule has 0 saturated carbocycles. The number of hydrogen-bond acceptors (Lipinski definition) is 4. The van der Waals surface area contributed by atoms with Gasteiger partial charge < -0.3 is 10.1 Å². The zero-order valence-corrected chi connectivity index (χ0v) is 16.1. The van der Waals surface area contributed by atoms with E-state index in [1.54, 1.807) is 55.6 Å². The lowest BCUT2D eigenvalue weighted by molar-refractivity contribution is -0.116. The largest absolute Gasteiger partial charge is 0.497 e. The van der Waals surface area contributed by atoms with E-state index in [0.29, 0.717) is 28.8 Å². The predicted molar refractivity (Wildman–Crippen MR) is 109 cm³/mol. The number of amides is 1. The first-order chi connectivity index (χ1) is 13.5. The number of rotatable bonds is 6. The second kappa shape index (κ2) is 8.12. The van der Waals surface area contributed by atoms with Gasteiger partial charge in [0.1, 0.15) is 12.3 Å². The molecule has 1 heterocycles. The molecular weight excluding hydrogens is 358 g/mol. The molecule has 0 aliphatic rings. The maximum Gasteiger partial charge on any atom is 0.332 e. The van der Waals surface area contributed by atoms with E-state index in [-0.39, 0.29) is 24.1 Å². The van der Waals surface area contributed by atoms with E-state index in [9.17, 15) is 14.4 Å². The summed E-state index contributed by atoms with van der Waals surface area (Å²) < 4.78 is 7.72. The molecule has 7 nitrogen and oxygen atoms in total. The summed E-state index contributed by atoms with van der Waals surface area (Å²) in [5.41, 5.74) is 0.188. The Hall–Kier alpha value is -3.35. The molecule has 3 rings (SSSR count). The molecule has 1 N–H and O–H groups in total. The monoisotopic (exact) mass is 381 g/mol. The van der Waals surface area contributed by atoms with Crippen molar-refractivity contribution >= 4 is 22.5 Å². The Morgan fingerprint density at radius 3 is 2.61 bits per heavy atom. The molecule has 28 heavy (non-hydrogen) atoms. The summed E-state index contributed by atoms with van der Waals surface area (Å²) in [6, 6.07) is 13.5. The van der Waals surface area contributed by atoms with Gasteiger partial charge in [0.25, 0.3) is 5.56 Å². The van der Waals surface area contributed by atoms with Gasteiger partial charge in [0, 0.05) is 17.8 Å². The quantitative estimate of drug-likeness (QED) is 0.712. The molecule has 0 fully saturated rings. The zero-order valence-electron chi connectivity index (χ0n) is 16.1. The molecule has 1 amide bonds. The van der Waals surface area contributed by atoms with Gasteiger partial charge >= 0.3 is 5.69 Å². The van der Waals surface area contributed by atoms with Gasteiger partial charge in [-0.15, -0.1) is 0 Å². The highest BCUT2D eigenvalue weighted by molar-refractivity contribution is 5.91. The molecule has 0 saturated heterocycles. The number of ether oxygens (including phenoxy) is 1. The minimum Gasteiger partial charge on any atom is -0.497 e. The molecule has 0 aliphatic carbocycles. The van der Waals surface area contributed by atoms with E-state index in [0.717, 1.165) is 0 Å². The predicted octanol–water partition coefficient (Wildman–Crippen LogP) is 2.78. The number of benzene rings is 2. The van der Waals surface area contributed by atoms with Crippen molar-refractivity contribution in [3.63, 3.8) is 0 Å². The third-order valence-electron chi connectivity index (χ3n) is 4.77. The van der Waals surface area contributed by atoms with Crippen LogP contribution in [0.3, 0.4) is 0 Å². The van der Waals surface area contributed by atoms with Gasteiger partial charge in [-0.05, 0) is 37.6 Å². The maximum absolute atomic E-state index is 13.0. The smallest absolute Gasteiger partial charge is 0.332 e. The number of carbonyl (C=O) groups excluding carboxylic acids is 1. The van der Waals surface area contributed by atoms with E-state index >= 15 is 0 Å². The molecule has 2 aromatic carbocycles. The van der Waals surface area contributed by atoms with E-state index in [1.807, 2.05) is 13.8 Å². The number of para-hydroxylation sites is 1. The second-order valence-corrected chi connectivity index (χ2v) is 6.60. The van der Waals surface area contributed by atoms with Crippen molar-refractivity contribution in [2.24, 2.45) is 0 Å². The number of hydrogen-bond donors (Lipinski definition) is 1. The number of aromatic nitrogens is 2. The SMILES string of the molecule is CCC(C)n1c(=O)c2ccccc2n(CC(=O)Nc2cccc(OC)c2)c1=O. The fourth-order valence-electron chi connectivity index (χ4n) is 3.11. The molecule has 7 heteroatoms. The van der Waals surface area contributed by atoms with Crippen molar-refractivity contribution < 1.29 is 9.53 Å². The molecule has 1 unspecified atom stereocenters. The van der Waals surface area contributed by atoms with Crippen LogP contribution in [0.5, 0.6) is 5.75 Å². The minimum absolute atomic E-state index is 0.201. The lowest BCUT2D eigenvalue weighted by Crippen LogP contribution is -2.43. The molecular formula is C21H23N3O4. The summed E-state index contributed by atoms with van der Waals surface area (Å²) in [4.78, 5) is 38.4. The van der Waals surface area contributed by atoms with Crippen molar-refractivity contribution in [1.29, 1.82) is 0 Å².